The van der Waals surface area contributed by atoms with Gasteiger partial charge in [0.15, 0.2) is 5.12 Å². The minimum atomic E-state index is -0.244. The lowest BCUT2D eigenvalue weighted by atomic mass is 9.97. The van der Waals surface area contributed by atoms with Crippen LogP contribution in [0.2, 0.25) is 0 Å². The first kappa shape index (κ1) is 11.6. The molecule has 80 valence electrons. The lowest BCUT2D eigenvalue weighted by Gasteiger charge is -2.29. The highest BCUT2D eigenvalue weighted by Gasteiger charge is 2.28. The number of carbonyl (C=O) groups excluding carboxylic acids is 2. The van der Waals surface area contributed by atoms with Gasteiger partial charge in [0, 0.05) is 19.1 Å². The number of rotatable bonds is 2. The molecule has 0 saturated heterocycles. The molecule has 0 aliphatic heterocycles. The van der Waals surface area contributed by atoms with Gasteiger partial charge >= 0.3 is 5.97 Å². The molecule has 0 heterocycles. The molecule has 0 bridgehead atoms. The third-order valence-electron chi connectivity index (χ3n) is 2.28. The zero-order valence-corrected chi connectivity index (χ0v) is 9.43. The van der Waals surface area contributed by atoms with E-state index < -0.39 is 0 Å². The minimum Gasteiger partial charge on any atom is -0.461 e. The molecule has 1 aliphatic rings. The molecular weight excluding hydrogens is 200 g/mol. The second kappa shape index (κ2) is 5.39. The predicted octanol–water partition coefficient (Wildman–Crippen LogP) is 2.14. The molecule has 0 aromatic heterocycles. The number of ether oxygens (including phenoxy) is 1. The molecule has 1 aliphatic carbocycles. The second-order valence-electron chi connectivity index (χ2n) is 3.58. The molecule has 3 nitrogen and oxygen atoms in total. The Balaban J connectivity index is 2.49. The van der Waals surface area contributed by atoms with Crippen LogP contribution < -0.4 is 0 Å². The molecule has 1 rings (SSSR count). The van der Waals surface area contributed by atoms with Crippen molar-refractivity contribution in [3.63, 3.8) is 0 Å². The maximum atomic E-state index is 11.0. The summed E-state index contributed by atoms with van der Waals surface area (Å²) in [5, 5.41) is 0.277. The van der Waals surface area contributed by atoms with Crippen LogP contribution in [-0.4, -0.2) is 22.4 Å². The van der Waals surface area contributed by atoms with Crippen LogP contribution in [0, 0.1) is 0 Å². The van der Waals surface area contributed by atoms with Crippen molar-refractivity contribution in [3.8, 4) is 0 Å². The van der Waals surface area contributed by atoms with Crippen LogP contribution in [0.1, 0.15) is 39.5 Å². The summed E-state index contributed by atoms with van der Waals surface area (Å²) in [4.78, 5) is 21.8. The minimum absolute atomic E-state index is 0.0600. The highest BCUT2D eigenvalue weighted by molar-refractivity contribution is 8.14. The fourth-order valence-corrected chi connectivity index (χ4v) is 2.81. The van der Waals surface area contributed by atoms with Crippen molar-refractivity contribution in [3.05, 3.63) is 0 Å². The molecule has 0 spiro atoms. The van der Waals surface area contributed by atoms with Crippen LogP contribution in [0.15, 0.2) is 0 Å². The third-order valence-corrected chi connectivity index (χ3v) is 3.45. The van der Waals surface area contributed by atoms with E-state index in [1.165, 1.54) is 18.7 Å². The van der Waals surface area contributed by atoms with E-state index in [2.05, 4.69) is 0 Å². The van der Waals surface area contributed by atoms with Gasteiger partial charge in [0.2, 0.25) is 0 Å². The van der Waals surface area contributed by atoms with Gasteiger partial charge < -0.3 is 4.74 Å². The number of esters is 1. The first-order chi connectivity index (χ1) is 6.59. The molecule has 1 fully saturated rings. The Labute approximate surface area is 88.6 Å². The van der Waals surface area contributed by atoms with Crippen LogP contribution in [-0.2, 0) is 14.3 Å². The van der Waals surface area contributed by atoms with Gasteiger partial charge in [-0.1, -0.05) is 18.2 Å². The van der Waals surface area contributed by atoms with Gasteiger partial charge in [0.05, 0.1) is 0 Å². The molecule has 2 unspecified atom stereocenters. The lowest BCUT2D eigenvalue weighted by molar-refractivity contribution is -0.147. The average molecular weight is 216 g/mol. The molecule has 2 atom stereocenters. The van der Waals surface area contributed by atoms with E-state index in [4.69, 9.17) is 4.74 Å². The van der Waals surface area contributed by atoms with Gasteiger partial charge in [-0.25, -0.2) is 0 Å². The Morgan fingerprint density at radius 2 is 1.86 bits per heavy atom. The highest BCUT2D eigenvalue weighted by atomic mass is 32.2. The fourth-order valence-electron chi connectivity index (χ4n) is 1.76. The van der Waals surface area contributed by atoms with Crippen molar-refractivity contribution >= 4 is 22.8 Å². The van der Waals surface area contributed by atoms with E-state index in [0.29, 0.717) is 0 Å². The first-order valence-electron chi connectivity index (χ1n) is 4.94. The van der Waals surface area contributed by atoms with Crippen LogP contribution >= 0.6 is 11.8 Å². The topological polar surface area (TPSA) is 43.4 Å². The van der Waals surface area contributed by atoms with Crippen LogP contribution in [0.4, 0.5) is 0 Å². The van der Waals surface area contributed by atoms with Crippen molar-refractivity contribution < 1.29 is 14.3 Å². The Kier molecular flexibility index (Phi) is 4.45. The summed E-state index contributed by atoms with van der Waals surface area (Å²) in [6.07, 6.45) is 4.03. The summed E-state index contributed by atoms with van der Waals surface area (Å²) in [6, 6.07) is 0. The van der Waals surface area contributed by atoms with Crippen molar-refractivity contribution in [2.75, 3.05) is 0 Å². The Bertz CT molecular complexity index is 203. The second-order valence-corrected chi connectivity index (χ2v) is 5.00. The summed E-state index contributed by atoms with van der Waals surface area (Å²) < 4.78 is 5.19. The molecular formula is C10H16O3S. The van der Waals surface area contributed by atoms with E-state index in [9.17, 15) is 9.59 Å². The number of hydrogen-bond acceptors (Lipinski definition) is 4. The Hall–Kier alpha value is -0.510. The number of carbonyl (C=O) groups is 2. The van der Waals surface area contributed by atoms with Crippen LogP contribution in [0.5, 0.6) is 0 Å². The van der Waals surface area contributed by atoms with Gasteiger partial charge in [-0.15, -0.1) is 0 Å². The molecule has 0 aromatic carbocycles. The van der Waals surface area contributed by atoms with Crippen molar-refractivity contribution in [2.45, 2.75) is 50.9 Å². The Morgan fingerprint density at radius 1 is 1.21 bits per heavy atom. The molecule has 0 aromatic rings. The Morgan fingerprint density at radius 3 is 2.43 bits per heavy atom. The smallest absolute Gasteiger partial charge is 0.302 e. The molecule has 0 N–H and O–H groups in total. The van der Waals surface area contributed by atoms with E-state index in [-0.39, 0.29) is 22.4 Å². The summed E-state index contributed by atoms with van der Waals surface area (Å²) in [5.41, 5.74) is 0. The van der Waals surface area contributed by atoms with Crippen molar-refractivity contribution in [2.24, 2.45) is 0 Å². The van der Waals surface area contributed by atoms with E-state index >= 15 is 0 Å². The van der Waals surface area contributed by atoms with Gasteiger partial charge in [-0.3, -0.25) is 9.59 Å². The molecule has 1 saturated carbocycles. The quantitative estimate of drug-likeness (QED) is 0.663. The number of hydrogen-bond donors (Lipinski definition) is 0. The third kappa shape index (κ3) is 3.70. The normalized spacial score (nSPS) is 27.0. The van der Waals surface area contributed by atoms with Gasteiger partial charge in [0.25, 0.3) is 0 Å². The lowest BCUT2D eigenvalue weighted by Crippen LogP contribution is -2.32. The van der Waals surface area contributed by atoms with Crippen molar-refractivity contribution in [1.82, 2.24) is 0 Å². The molecule has 0 radical (unpaired) electrons. The number of thioether (sulfide) groups is 1. The highest BCUT2D eigenvalue weighted by Crippen LogP contribution is 2.31. The predicted molar refractivity (Wildman–Crippen MR) is 56.1 cm³/mol. The summed E-state index contributed by atoms with van der Waals surface area (Å²) in [7, 11) is 0. The van der Waals surface area contributed by atoms with Gasteiger partial charge in [0.1, 0.15) is 6.10 Å². The monoisotopic (exact) mass is 216 g/mol. The van der Waals surface area contributed by atoms with Crippen LogP contribution in [0.25, 0.3) is 0 Å². The van der Waals surface area contributed by atoms with E-state index in [1.54, 1.807) is 6.92 Å². The zero-order valence-electron chi connectivity index (χ0n) is 8.62. The summed E-state index contributed by atoms with van der Waals surface area (Å²) in [5.74, 6) is -0.244. The molecule has 14 heavy (non-hydrogen) atoms. The standard InChI is InChI=1S/C10H16O3S/c1-7(11)13-9-5-3-4-6-10(9)14-8(2)12/h9-10H,3-6H2,1-2H3. The molecule has 0 amide bonds. The molecule has 4 heteroatoms. The average Bonchev–Trinajstić information content (AvgIpc) is 2.06. The van der Waals surface area contributed by atoms with Crippen LogP contribution in [0.3, 0.4) is 0 Å². The van der Waals surface area contributed by atoms with E-state index in [1.807, 2.05) is 0 Å². The summed E-state index contributed by atoms with van der Waals surface area (Å²) in [6.45, 7) is 2.98. The SMILES string of the molecule is CC(=O)OC1CCCCC1SC(C)=O. The largest absolute Gasteiger partial charge is 0.461 e. The fraction of sp³-hybridized carbons (Fsp3) is 0.800. The van der Waals surface area contributed by atoms with Gasteiger partial charge in [-0.2, -0.15) is 0 Å². The summed E-state index contributed by atoms with van der Waals surface area (Å²) >= 11 is 1.31. The zero-order chi connectivity index (χ0) is 10.6. The maximum Gasteiger partial charge on any atom is 0.302 e. The van der Waals surface area contributed by atoms with E-state index in [0.717, 1.165) is 25.7 Å². The maximum absolute atomic E-state index is 11.0. The van der Waals surface area contributed by atoms with Gasteiger partial charge in [-0.05, 0) is 19.3 Å². The first-order valence-corrected chi connectivity index (χ1v) is 5.82. The van der Waals surface area contributed by atoms with Crippen molar-refractivity contribution in [1.29, 1.82) is 0 Å².